The summed E-state index contributed by atoms with van der Waals surface area (Å²) in [7, 11) is -3.31. The fourth-order valence-corrected chi connectivity index (χ4v) is 2.07. The molecular formula is C12H18O3S. The summed E-state index contributed by atoms with van der Waals surface area (Å²) in [6.07, 6.45) is 2.79. The Kier molecular flexibility index (Phi) is 4.96. The molecule has 1 aromatic carbocycles. The zero-order chi connectivity index (χ0) is 12.0. The minimum Gasteiger partial charge on any atom is -0.270 e. The van der Waals surface area contributed by atoms with Gasteiger partial charge in [-0.3, -0.25) is 4.18 Å². The highest BCUT2D eigenvalue weighted by molar-refractivity contribution is 7.85. The molecule has 16 heavy (non-hydrogen) atoms. The summed E-state index contributed by atoms with van der Waals surface area (Å²) in [5.41, 5.74) is 1.24. The van der Waals surface area contributed by atoms with Crippen molar-refractivity contribution < 1.29 is 12.6 Å². The summed E-state index contributed by atoms with van der Waals surface area (Å²) in [5, 5.41) is 0. The van der Waals surface area contributed by atoms with E-state index in [1.165, 1.54) is 5.56 Å². The number of hydrogen-bond donors (Lipinski definition) is 0. The minimum absolute atomic E-state index is 0.256. The van der Waals surface area contributed by atoms with Crippen molar-refractivity contribution in [1.29, 1.82) is 0 Å². The van der Waals surface area contributed by atoms with Crippen LogP contribution in [-0.4, -0.2) is 21.3 Å². The summed E-state index contributed by atoms with van der Waals surface area (Å²) in [4.78, 5) is 0. The van der Waals surface area contributed by atoms with Gasteiger partial charge in [-0.1, -0.05) is 37.3 Å². The van der Waals surface area contributed by atoms with Gasteiger partial charge in [-0.2, -0.15) is 8.42 Å². The summed E-state index contributed by atoms with van der Waals surface area (Å²) in [6.45, 7) is 2.35. The third kappa shape index (κ3) is 4.77. The van der Waals surface area contributed by atoms with Gasteiger partial charge in [-0.15, -0.1) is 0 Å². The van der Waals surface area contributed by atoms with Gasteiger partial charge in [-0.05, 0) is 24.3 Å². The zero-order valence-electron chi connectivity index (χ0n) is 9.72. The van der Waals surface area contributed by atoms with Crippen LogP contribution in [0.4, 0.5) is 0 Å². The highest BCUT2D eigenvalue weighted by Crippen LogP contribution is 2.22. The van der Waals surface area contributed by atoms with E-state index in [0.29, 0.717) is 5.92 Å². The van der Waals surface area contributed by atoms with Gasteiger partial charge in [0.2, 0.25) is 0 Å². The first kappa shape index (κ1) is 13.2. The Labute approximate surface area is 97.6 Å². The molecule has 0 spiro atoms. The van der Waals surface area contributed by atoms with Gasteiger partial charge in [-0.25, -0.2) is 0 Å². The van der Waals surface area contributed by atoms with Crippen LogP contribution in [0.25, 0.3) is 0 Å². The standard InChI is InChI=1S/C12H18O3S/c1-3-11(9-10-15-16(2,13)14)12-7-5-4-6-8-12/h4-8,11H,3,9-10H2,1-2H3/t11-/m0/s1. The second kappa shape index (κ2) is 6.01. The van der Waals surface area contributed by atoms with E-state index in [-0.39, 0.29) is 6.61 Å². The maximum atomic E-state index is 10.8. The molecule has 90 valence electrons. The van der Waals surface area contributed by atoms with Crippen molar-refractivity contribution in [3.63, 3.8) is 0 Å². The largest absolute Gasteiger partial charge is 0.270 e. The fourth-order valence-electron chi connectivity index (χ4n) is 1.67. The smallest absolute Gasteiger partial charge is 0.264 e. The van der Waals surface area contributed by atoms with Gasteiger partial charge in [0.15, 0.2) is 0 Å². The lowest BCUT2D eigenvalue weighted by Crippen LogP contribution is -2.08. The van der Waals surface area contributed by atoms with Crippen molar-refractivity contribution in [1.82, 2.24) is 0 Å². The molecule has 0 aromatic heterocycles. The van der Waals surface area contributed by atoms with Crippen molar-refractivity contribution in [2.45, 2.75) is 25.7 Å². The number of benzene rings is 1. The maximum absolute atomic E-state index is 10.8. The Hall–Kier alpha value is -0.870. The average molecular weight is 242 g/mol. The first-order valence-corrected chi connectivity index (χ1v) is 7.24. The van der Waals surface area contributed by atoms with Crippen LogP contribution in [0.2, 0.25) is 0 Å². The Morgan fingerprint density at radius 2 is 1.88 bits per heavy atom. The van der Waals surface area contributed by atoms with E-state index in [0.717, 1.165) is 19.1 Å². The molecule has 0 fully saturated rings. The van der Waals surface area contributed by atoms with Crippen LogP contribution in [0, 0.1) is 0 Å². The molecule has 0 saturated heterocycles. The summed E-state index contributed by atoms with van der Waals surface area (Å²) < 4.78 is 26.4. The van der Waals surface area contributed by atoms with E-state index in [9.17, 15) is 8.42 Å². The lowest BCUT2D eigenvalue weighted by Gasteiger charge is -2.14. The van der Waals surface area contributed by atoms with Crippen molar-refractivity contribution in [2.24, 2.45) is 0 Å². The topological polar surface area (TPSA) is 43.4 Å². The van der Waals surface area contributed by atoms with Gasteiger partial charge < -0.3 is 0 Å². The van der Waals surface area contributed by atoms with E-state index in [4.69, 9.17) is 4.18 Å². The normalized spacial score (nSPS) is 13.6. The SMILES string of the molecule is CC[C@@H](CCOS(C)(=O)=O)c1ccccc1. The first-order valence-electron chi connectivity index (χ1n) is 5.42. The van der Waals surface area contributed by atoms with Gasteiger partial charge in [0, 0.05) is 0 Å². The van der Waals surface area contributed by atoms with E-state index >= 15 is 0 Å². The average Bonchev–Trinajstić information content (AvgIpc) is 2.24. The lowest BCUT2D eigenvalue weighted by molar-refractivity contribution is 0.301. The van der Waals surface area contributed by atoms with Gasteiger partial charge in [0.1, 0.15) is 0 Å². The predicted molar refractivity (Wildman–Crippen MR) is 64.9 cm³/mol. The molecule has 0 radical (unpaired) electrons. The quantitative estimate of drug-likeness (QED) is 0.720. The second-order valence-corrected chi connectivity index (χ2v) is 5.47. The molecule has 0 bridgehead atoms. The Morgan fingerprint density at radius 1 is 1.25 bits per heavy atom. The Bertz CT molecular complexity index is 398. The molecular weight excluding hydrogens is 224 g/mol. The fraction of sp³-hybridized carbons (Fsp3) is 0.500. The molecule has 1 aromatic rings. The number of hydrogen-bond acceptors (Lipinski definition) is 3. The Morgan fingerprint density at radius 3 is 2.38 bits per heavy atom. The van der Waals surface area contributed by atoms with Crippen molar-refractivity contribution in [2.75, 3.05) is 12.9 Å². The minimum atomic E-state index is -3.31. The summed E-state index contributed by atoms with van der Waals surface area (Å²) >= 11 is 0. The molecule has 0 saturated carbocycles. The highest BCUT2D eigenvalue weighted by atomic mass is 32.2. The third-order valence-corrected chi connectivity index (χ3v) is 3.12. The summed E-state index contributed by atoms with van der Waals surface area (Å²) in [5.74, 6) is 0.364. The molecule has 0 N–H and O–H groups in total. The van der Waals surface area contributed by atoms with E-state index in [1.54, 1.807) is 0 Å². The monoisotopic (exact) mass is 242 g/mol. The summed E-state index contributed by atoms with van der Waals surface area (Å²) in [6, 6.07) is 10.1. The molecule has 1 rings (SSSR count). The molecule has 4 heteroatoms. The maximum Gasteiger partial charge on any atom is 0.264 e. The number of rotatable bonds is 6. The first-order chi connectivity index (χ1) is 7.53. The van der Waals surface area contributed by atoms with Crippen LogP contribution in [0.1, 0.15) is 31.2 Å². The van der Waals surface area contributed by atoms with Crippen LogP contribution < -0.4 is 0 Å². The second-order valence-electron chi connectivity index (χ2n) is 3.83. The van der Waals surface area contributed by atoms with Gasteiger partial charge in [0.05, 0.1) is 12.9 Å². The molecule has 3 nitrogen and oxygen atoms in total. The molecule has 0 aliphatic carbocycles. The molecule has 0 heterocycles. The van der Waals surface area contributed by atoms with E-state index in [2.05, 4.69) is 19.1 Å². The van der Waals surface area contributed by atoms with Gasteiger partial charge >= 0.3 is 0 Å². The Balaban J connectivity index is 2.51. The molecule has 1 atom stereocenters. The molecule has 0 aliphatic heterocycles. The third-order valence-electron chi connectivity index (χ3n) is 2.53. The van der Waals surface area contributed by atoms with E-state index < -0.39 is 10.1 Å². The van der Waals surface area contributed by atoms with Crippen LogP contribution in [0.15, 0.2) is 30.3 Å². The van der Waals surface area contributed by atoms with Crippen LogP contribution in [0.5, 0.6) is 0 Å². The van der Waals surface area contributed by atoms with Gasteiger partial charge in [0.25, 0.3) is 10.1 Å². The van der Waals surface area contributed by atoms with Crippen molar-refractivity contribution in [3.05, 3.63) is 35.9 Å². The molecule has 0 aliphatic rings. The lowest BCUT2D eigenvalue weighted by atomic mass is 9.94. The van der Waals surface area contributed by atoms with E-state index in [1.807, 2.05) is 18.2 Å². The van der Waals surface area contributed by atoms with Crippen LogP contribution >= 0.6 is 0 Å². The van der Waals surface area contributed by atoms with Crippen molar-refractivity contribution in [3.8, 4) is 0 Å². The van der Waals surface area contributed by atoms with Crippen molar-refractivity contribution >= 4 is 10.1 Å². The predicted octanol–water partition coefficient (Wildman–Crippen LogP) is 2.55. The zero-order valence-corrected chi connectivity index (χ0v) is 10.5. The van der Waals surface area contributed by atoms with Crippen LogP contribution in [0.3, 0.4) is 0 Å². The highest BCUT2D eigenvalue weighted by Gasteiger charge is 2.10. The van der Waals surface area contributed by atoms with Crippen LogP contribution in [-0.2, 0) is 14.3 Å². The molecule has 0 amide bonds. The molecule has 0 unspecified atom stereocenters.